The highest BCUT2D eigenvalue weighted by molar-refractivity contribution is 9.11. The lowest BCUT2D eigenvalue weighted by Crippen LogP contribution is -2.26. The van der Waals surface area contributed by atoms with E-state index >= 15 is 0 Å². The maximum absolute atomic E-state index is 6.33. The fourth-order valence-corrected chi connectivity index (χ4v) is 3.11. The molecule has 0 radical (unpaired) electrons. The van der Waals surface area contributed by atoms with Crippen molar-refractivity contribution in [2.45, 2.75) is 25.5 Å². The number of hydrogen-bond acceptors (Lipinski definition) is 2. The van der Waals surface area contributed by atoms with Crippen molar-refractivity contribution in [1.29, 1.82) is 0 Å². The fourth-order valence-electron chi connectivity index (χ4n) is 2.22. The van der Waals surface area contributed by atoms with Crippen molar-refractivity contribution >= 4 is 31.9 Å². The van der Waals surface area contributed by atoms with Gasteiger partial charge in [-0.05, 0) is 37.1 Å². The SMILES string of the molecule is CC1OCCC1C(N)c1cc(Br)ccc1Br. The van der Waals surface area contributed by atoms with E-state index in [-0.39, 0.29) is 12.1 Å². The summed E-state index contributed by atoms with van der Waals surface area (Å²) in [5.41, 5.74) is 7.48. The smallest absolute Gasteiger partial charge is 0.0594 e. The minimum absolute atomic E-state index is 0.0318. The number of hydrogen-bond donors (Lipinski definition) is 1. The van der Waals surface area contributed by atoms with Crippen LogP contribution in [-0.4, -0.2) is 12.7 Å². The van der Waals surface area contributed by atoms with Crippen molar-refractivity contribution in [3.05, 3.63) is 32.7 Å². The molecule has 1 saturated heterocycles. The molecule has 1 fully saturated rings. The summed E-state index contributed by atoms with van der Waals surface area (Å²) in [7, 11) is 0. The molecule has 0 bridgehead atoms. The average Bonchev–Trinajstić information content (AvgIpc) is 2.67. The minimum Gasteiger partial charge on any atom is -0.378 e. The molecule has 0 saturated carbocycles. The Morgan fingerprint density at radius 3 is 2.81 bits per heavy atom. The van der Waals surface area contributed by atoms with Crippen LogP contribution in [0.1, 0.15) is 24.9 Å². The van der Waals surface area contributed by atoms with Crippen LogP contribution in [-0.2, 0) is 4.74 Å². The van der Waals surface area contributed by atoms with Crippen LogP contribution < -0.4 is 5.73 Å². The number of nitrogens with two attached hydrogens (primary N) is 1. The number of halogens is 2. The van der Waals surface area contributed by atoms with E-state index in [2.05, 4.69) is 44.8 Å². The minimum atomic E-state index is 0.0318. The lowest BCUT2D eigenvalue weighted by Gasteiger charge is -2.23. The molecule has 0 aromatic heterocycles. The number of ether oxygens (including phenoxy) is 1. The third-order valence-corrected chi connectivity index (χ3v) is 4.43. The zero-order valence-electron chi connectivity index (χ0n) is 9.12. The maximum Gasteiger partial charge on any atom is 0.0594 e. The van der Waals surface area contributed by atoms with Crippen LogP contribution in [0.25, 0.3) is 0 Å². The molecule has 0 spiro atoms. The van der Waals surface area contributed by atoms with Gasteiger partial charge in [0.2, 0.25) is 0 Å². The highest BCUT2D eigenvalue weighted by Crippen LogP contribution is 2.35. The van der Waals surface area contributed by atoms with Gasteiger partial charge in [-0.15, -0.1) is 0 Å². The van der Waals surface area contributed by atoms with Crippen molar-refractivity contribution in [3.63, 3.8) is 0 Å². The third-order valence-electron chi connectivity index (χ3n) is 3.21. The highest BCUT2D eigenvalue weighted by atomic mass is 79.9. The first-order valence-corrected chi connectivity index (χ1v) is 7.00. The van der Waals surface area contributed by atoms with Gasteiger partial charge in [0.25, 0.3) is 0 Å². The van der Waals surface area contributed by atoms with Gasteiger partial charge in [-0.2, -0.15) is 0 Å². The molecule has 1 aliphatic rings. The molecule has 0 amide bonds. The Balaban J connectivity index is 2.25. The van der Waals surface area contributed by atoms with Crippen LogP contribution in [0.5, 0.6) is 0 Å². The largest absolute Gasteiger partial charge is 0.378 e. The molecule has 1 heterocycles. The van der Waals surface area contributed by atoms with Gasteiger partial charge >= 0.3 is 0 Å². The van der Waals surface area contributed by atoms with E-state index in [4.69, 9.17) is 10.5 Å². The van der Waals surface area contributed by atoms with Crippen LogP contribution >= 0.6 is 31.9 Å². The second-order valence-corrected chi connectivity index (χ2v) is 5.99. The van der Waals surface area contributed by atoms with E-state index in [1.165, 1.54) is 0 Å². The second-order valence-electron chi connectivity index (χ2n) is 4.22. The first-order chi connectivity index (χ1) is 7.59. The molecule has 88 valence electrons. The molecule has 3 atom stereocenters. The van der Waals surface area contributed by atoms with E-state index in [1.807, 2.05) is 12.1 Å². The van der Waals surface area contributed by atoms with Crippen LogP contribution in [0.3, 0.4) is 0 Å². The molecule has 4 heteroatoms. The summed E-state index contributed by atoms with van der Waals surface area (Å²) < 4.78 is 7.71. The Morgan fingerprint density at radius 2 is 2.19 bits per heavy atom. The summed E-state index contributed by atoms with van der Waals surface area (Å²) in [6.07, 6.45) is 1.29. The van der Waals surface area contributed by atoms with Crippen molar-refractivity contribution < 1.29 is 4.74 Å². The molecule has 1 aromatic carbocycles. The van der Waals surface area contributed by atoms with Gasteiger partial charge in [0.15, 0.2) is 0 Å². The molecule has 2 rings (SSSR count). The normalized spacial score (nSPS) is 27.0. The van der Waals surface area contributed by atoms with Gasteiger partial charge in [0.05, 0.1) is 6.10 Å². The maximum atomic E-state index is 6.33. The molecule has 2 nitrogen and oxygen atoms in total. The Labute approximate surface area is 113 Å². The Morgan fingerprint density at radius 1 is 1.44 bits per heavy atom. The second kappa shape index (κ2) is 5.17. The van der Waals surface area contributed by atoms with Crippen LogP contribution in [0.15, 0.2) is 27.1 Å². The first kappa shape index (κ1) is 12.6. The van der Waals surface area contributed by atoms with Gasteiger partial charge in [0, 0.05) is 27.5 Å². The predicted octanol–water partition coefficient (Wildman–Crippen LogP) is 3.64. The van der Waals surface area contributed by atoms with Gasteiger partial charge in [-0.1, -0.05) is 31.9 Å². The summed E-state index contributed by atoms with van der Waals surface area (Å²) in [5.74, 6) is 0.408. The van der Waals surface area contributed by atoms with Crippen molar-refractivity contribution in [1.82, 2.24) is 0 Å². The van der Waals surface area contributed by atoms with Gasteiger partial charge in [-0.25, -0.2) is 0 Å². The molecular formula is C12H15Br2NO. The third kappa shape index (κ3) is 2.50. The van der Waals surface area contributed by atoms with Crippen molar-refractivity contribution in [2.75, 3.05) is 6.61 Å². The van der Waals surface area contributed by atoms with E-state index in [0.717, 1.165) is 27.5 Å². The monoisotopic (exact) mass is 347 g/mol. The summed E-state index contributed by atoms with van der Waals surface area (Å²) >= 11 is 7.04. The molecular weight excluding hydrogens is 334 g/mol. The zero-order valence-corrected chi connectivity index (χ0v) is 12.3. The number of benzene rings is 1. The summed E-state index contributed by atoms with van der Waals surface area (Å²) in [6.45, 7) is 2.93. The number of rotatable bonds is 2. The van der Waals surface area contributed by atoms with E-state index < -0.39 is 0 Å². The molecule has 2 N–H and O–H groups in total. The van der Waals surface area contributed by atoms with E-state index in [9.17, 15) is 0 Å². The van der Waals surface area contributed by atoms with E-state index in [0.29, 0.717) is 5.92 Å². The predicted molar refractivity (Wildman–Crippen MR) is 72.3 cm³/mol. The van der Waals surface area contributed by atoms with E-state index in [1.54, 1.807) is 0 Å². The van der Waals surface area contributed by atoms with Crippen LogP contribution in [0.4, 0.5) is 0 Å². The molecule has 1 aromatic rings. The highest BCUT2D eigenvalue weighted by Gasteiger charge is 2.31. The van der Waals surface area contributed by atoms with Crippen LogP contribution in [0, 0.1) is 5.92 Å². The summed E-state index contributed by atoms with van der Waals surface area (Å²) in [4.78, 5) is 0. The summed E-state index contributed by atoms with van der Waals surface area (Å²) in [5, 5.41) is 0. The fraction of sp³-hybridized carbons (Fsp3) is 0.500. The van der Waals surface area contributed by atoms with Crippen LogP contribution in [0.2, 0.25) is 0 Å². The molecule has 0 aliphatic carbocycles. The molecule has 1 aliphatic heterocycles. The average molecular weight is 349 g/mol. The zero-order chi connectivity index (χ0) is 11.7. The standard InChI is InChI=1S/C12H15Br2NO/c1-7-9(4-5-16-7)12(15)10-6-8(13)2-3-11(10)14/h2-3,6-7,9,12H,4-5,15H2,1H3. The first-order valence-electron chi connectivity index (χ1n) is 5.41. The summed E-state index contributed by atoms with van der Waals surface area (Å²) in [6, 6.07) is 6.15. The Hall–Kier alpha value is 0.1000. The van der Waals surface area contributed by atoms with Crippen molar-refractivity contribution in [3.8, 4) is 0 Å². The van der Waals surface area contributed by atoms with Gasteiger partial charge < -0.3 is 10.5 Å². The molecule has 16 heavy (non-hydrogen) atoms. The van der Waals surface area contributed by atoms with Gasteiger partial charge in [-0.3, -0.25) is 0 Å². The van der Waals surface area contributed by atoms with Gasteiger partial charge in [0.1, 0.15) is 0 Å². The lowest BCUT2D eigenvalue weighted by molar-refractivity contribution is 0.0994. The van der Waals surface area contributed by atoms with Crippen molar-refractivity contribution in [2.24, 2.45) is 11.7 Å². The topological polar surface area (TPSA) is 35.2 Å². The quantitative estimate of drug-likeness (QED) is 0.885. The lowest BCUT2D eigenvalue weighted by atomic mass is 9.89. The Kier molecular flexibility index (Phi) is 4.06. The Bertz CT molecular complexity index is 383. The molecule has 3 unspecified atom stereocenters.